The summed E-state index contributed by atoms with van der Waals surface area (Å²) < 4.78 is 5.28. The summed E-state index contributed by atoms with van der Waals surface area (Å²) in [5.41, 5.74) is 0. The Morgan fingerprint density at radius 2 is 2.17 bits per heavy atom. The van der Waals surface area contributed by atoms with E-state index in [0.29, 0.717) is 6.42 Å². The van der Waals surface area contributed by atoms with Crippen molar-refractivity contribution in [1.29, 1.82) is 0 Å². The maximum atomic E-state index is 11.2. The summed E-state index contributed by atoms with van der Waals surface area (Å²) in [5, 5.41) is 0. The largest absolute Gasteiger partial charge is 0.463 e. The molecule has 2 nitrogen and oxygen atoms in total. The van der Waals surface area contributed by atoms with Gasteiger partial charge < -0.3 is 4.74 Å². The molecule has 0 aromatic rings. The minimum Gasteiger partial charge on any atom is -0.463 e. The van der Waals surface area contributed by atoms with Crippen LogP contribution in [0.25, 0.3) is 0 Å². The molecule has 2 aliphatic rings. The van der Waals surface area contributed by atoms with Gasteiger partial charge in [0.15, 0.2) is 0 Å². The zero-order valence-electron chi connectivity index (χ0n) is 7.04. The molecule has 0 aromatic carbocycles. The monoisotopic (exact) mass is 204 g/mol. The fourth-order valence-corrected chi connectivity index (χ4v) is 5.14. The van der Waals surface area contributed by atoms with Gasteiger partial charge in [-0.05, 0) is 6.92 Å². The van der Waals surface area contributed by atoms with Crippen molar-refractivity contribution >= 4 is 29.5 Å². The Labute approximate surface area is 80.8 Å². The average Bonchev–Trinajstić information content (AvgIpc) is 2.33. The van der Waals surface area contributed by atoms with Gasteiger partial charge >= 0.3 is 5.97 Å². The standard InChI is InChI=1S/C8H12O2S2/c1-6-4-8(5-7(9)10-6)11-2-3-12-8/h6H,2-5H2,1H3. The molecule has 2 rings (SSSR count). The Bertz CT molecular complexity index is 199. The second-order valence-electron chi connectivity index (χ2n) is 3.29. The molecule has 0 N–H and O–H groups in total. The molecular formula is C8H12O2S2. The molecule has 68 valence electrons. The van der Waals surface area contributed by atoms with Crippen LogP contribution in [0, 0.1) is 0 Å². The Hall–Kier alpha value is 0.170. The highest BCUT2D eigenvalue weighted by Crippen LogP contribution is 2.51. The Morgan fingerprint density at radius 3 is 2.75 bits per heavy atom. The van der Waals surface area contributed by atoms with Crippen molar-refractivity contribution in [1.82, 2.24) is 0 Å². The van der Waals surface area contributed by atoms with Gasteiger partial charge in [-0.25, -0.2) is 0 Å². The third-order valence-corrected chi connectivity index (χ3v) is 5.61. The zero-order chi connectivity index (χ0) is 8.60. The lowest BCUT2D eigenvalue weighted by Gasteiger charge is -2.33. The average molecular weight is 204 g/mol. The lowest BCUT2D eigenvalue weighted by Crippen LogP contribution is -2.36. The molecule has 0 saturated carbocycles. The predicted octanol–water partition coefficient (Wildman–Crippen LogP) is 1.89. The lowest BCUT2D eigenvalue weighted by atomic mass is 10.1. The summed E-state index contributed by atoms with van der Waals surface area (Å²) in [5.74, 6) is 2.35. The molecule has 2 saturated heterocycles. The van der Waals surface area contributed by atoms with Gasteiger partial charge in [0.05, 0.1) is 10.5 Å². The van der Waals surface area contributed by atoms with E-state index in [0.717, 1.165) is 6.42 Å². The number of cyclic esters (lactones) is 1. The molecule has 2 fully saturated rings. The molecule has 1 spiro atoms. The van der Waals surface area contributed by atoms with E-state index in [4.69, 9.17) is 4.74 Å². The van der Waals surface area contributed by atoms with E-state index in [9.17, 15) is 4.79 Å². The smallest absolute Gasteiger partial charge is 0.308 e. The van der Waals surface area contributed by atoms with Gasteiger partial charge in [0, 0.05) is 17.9 Å². The lowest BCUT2D eigenvalue weighted by molar-refractivity contribution is -0.152. The molecule has 1 atom stereocenters. The molecule has 0 aliphatic carbocycles. The third kappa shape index (κ3) is 1.59. The van der Waals surface area contributed by atoms with Crippen LogP contribution in [0.1, 0.15) is 19.8 Å². The van der Waals surface area contributed by atoms with E-state index < -0.39 is 0 Å². The molecule has 2 heterocycles. The van der Waals surface area contributed by atoms with E-state index in [1.54, 1.807) is 0 Å². The van der Waals surface area contributed by atoms with Crippen molar-refractivity contribution in [3.8, 4) is 0 Å². The van der Waals surface area contributed by atoms with Crippen molar-refractivity contribution < 1.29 is 9.53 Å². The number of thioether (sulfide) groups is 2. The summed E-state index contributed by atoms with van der Waals surface area (Å²) in [4.78, 5) is 11.2. The van der Waals surface area contributed by atoms with Crippen LogP contribution in [0.3, 0.4) is 0 Å². The molecule has 12 heavy (non-hydrogen) atoms. The Morgan fingerprint density at radius 1 is 1.50 bits per heavy atom. The van der Waals surface area contributed by atoms with E-state index in [1.807, 2.05) is 30.4 Å². The highest BCUT2D eigenvalue weighted by molar-refractivity contribution is 8.21. The molecular weight excluding hydrogens is 192 g/mol. The molecule has 4 heteroatoms. The van der Waals surface area contributed by atoms with Crippen LogP contribution < -0.4 is 0 Å². The van der Waals surface area contributed by atoms with Crippen LogP contribution >= 0.6 is 23.5 Å². The first-order chi connectivity index (χ1) is 5.70. The summed E-state index contributed by atoms with van der Waals surface area (Å²) in [7, 11) is 0. The van der Waals surface area contributed by atoms with Gasteiger partial charge in [-0.15, -0.1) is 23.5 Å². The topological polar surface area (TPSA) is 26.3 Å². The zero-order valence-corrected chi connectivity index (χ0v) is 8.67. The van der Waals surface area contributed by atoms with Crippen molar-refractivity contribution in [2.24, 2.45) is 0 Å². The summed E-state index contributed by atoms with van der Waals surface area (Å²) in [6, 6.07) is 0. The number of rotatable bonds is 0. The third-order valence-electron chi connectivity index (χ3n) is 2.16. The molecule has 2 aliphatic heterocycles. The number of carbonyl (C=O) groups is 1. The fraction of sp³-hybridized carbons (Fsp3) is 0.875. The Kier molecular flexibility index (Phi) is 2.29. The first-order valence-corrected chi connectivity index (χ1v) is 6.15. The number of hydrogen-bond acceptors (Lipinski definition) is 4. The first kappa shape index (κ1) is 8.75. The molecule has 0 bridgehead atoms. The maximum absolute atomic E-state index is 11.2. The fourth-order valence-electron chi connectivity index (χ4n) is 1.75. The first-order valence-electron chi connectivity index (χ1n) is 4.18. The van der Waals surface area contributed by atoms with Crippen LogP contribution in [0.15, 0.2) is 0 Å². The second-order valence-corrected chi connectivity index (χ2v) is 6.50. The van der Waals surface area contributed by atoms with Crippen LogP contribution in [0.4, 0.5) is 0 Å². The van der Waals surface area contributed by atoms with E-state index in [1.165, 1.54) is 11.5 Å². The molecule has 0 radical (unpaired) electrons. The van der Waals surface area contributed by atoms with Crippen molar-refractivity contribution in [2.75, 3.05) is 11.5 Å². The van der Waals surface area contributed by atoms with Crippen LogP contribution in [-0.2, 0) is 9.53 Å². The molecule has 1 unspecified atom stereocenters. The normalized spacial score (nSPS) is 33.8. The van der Waals surface area contributed by atoms with Crippen LogP contribution in [0.2, 0.25) is 0 Å². The highest BCUT2D eigenvalue weighted by atomic mass is 32.2. The molecule has 0 aromatic heterocycles. The number of hydrogen-bond donors (Lipinski definition) is 0. The van der Waals surface area contributed by atoms with Crippen LogP contribution in [-0.4, -0.2) is 27.7 Å². The van der Waals surface area contributed by atoms with Gasteiger partial charge in [0.2, 0.25) is 0 Å². The van der Waals surface area contributed by atoms with E-state index >= 15 is 0 Å². The van der Waals surface area contributed by atoms with Crippen molar-refractivity contribution in [3.63, 3.8) is 0 Å². The number of ether oxygens (including phenoxy) is 1. The maximum Gasteiger partial charge on any atom is 0.308 e. The summed E-state index contributed by atoms with van der Waals surface area (Å²) >= 11 is 3.87. The van der Waals surface area contributed by atoms with Gasteiger partial charge in [0.25, 0.3) is 0 Å². The molecule has 0 amide bonds. The SMILES string of the molecule is CC1CC2(CC(=O)O1)SCCS2. The Balaban J connectivity index is 2.09. The number of carbonyl (C=O) groups excluding carboxylic acids is 1. The van der Waals surface area contributed by atoms with Gasteiger partial charge in [-0.2, -0.15) is 0 Å². The minimum atomic E-state index is -0.0179. The summed E-state index contributed by atoms with van der Waals surface area (Å²) in [6.45, 7) is 1.98. The van der Waals surface area contributed by atoms with E-state index in [-0.39, 0.29) is 16.2 Å². The quantitative estimate of drug-likeness (QED) is 0.563. The predicted molar refractivity (Wildman–Crippen MR) is 52.4 cm³/mol. The van der Waals surface area contributed by atoms with Gasteiger partial charge in [-0.3, -0.25) is 4.79 Å². The van der Waals surface area contributed by atoms with E-state index in [2.05, 4.69) is 0 Å². The van der Waals surface area contributed by atoms with Crippen molar-refractivity contribution in [3.05, 3.63) is 0 Å². The van der Waals surface area contributed by atoms with Gasteiger partial charge in [-0.1, -0.05) is 0 Å². The minimum absolute atomic E-state index is 0.0179. The van der Waals surface area contributed by atoms with Crippen molar-refractivity contribution in [2.45, 2.75) is 29.9 Å². The van der Waals surface area contributed by atoms with Crippen LogP contribution in [0.5, 0.6) is 0 Å². The van der Waals surface area contributed by atoms with Gasteiger partial charge in [0.1, 0.15) is 6.10 Å². The summed E-state index contributed by atoms with van der Waals surface area (Å²) in [6.07, 6.45) is 1.74. The highest BCUT2D eigenvalue weighted by Gasteiger charge is 2.43. The number of esters is 1. The second kappa shape index (κ2) is 3.14.